The summed E-state index contributed by atoms with van der Waals surface area (Å²) in [6.45, 7) is -0.640. The van der Waals surface area contributed by atoms with Gasteiger partial charge in [-0.1, -0.05) is 0 Å². The van der Waals surface area contributed by atoms with Gasteiger partial charge in [-0.25, -0.2) is 0 Å². The summed E-state index contributed by atoms with van der Waals surface area (Å²) in [7, 11) is 0. The number of carbonyl (C=O) groups excluding carboxylic acids is 1. The van der Waals surface area contributed by atoms with Gasteiger partial charge in [0.1, 0.15) is 29.4 Å². The zero-order valence-electron chi connectivity index (χ0n) is 7.97. The third-order valence-corrected chi connectivity index (χ3v) is 1.71. The van der Waals surface area contributed by atoms with Crippen molar-refractivity contribution >= 4 is 11.9 Å². The first kappa shape index (κ1) is 11.6. The van der Waals surface area contributed by atoms with Gasteiger partial charge < -0.3 is 25.7 Å². The van der Waals surface area contributed by atoms with Gasteiger partial charge >= 0.3 is 5.97 Å². The number of nitrogens with one attached hydrogen (secondary N) is 1. The number of hydrogen-bond acceptors (Lipinski definition) is 5. The monoisotopic (exact) mass is 227 g/mol. The van der Waals surface area contributed by atoms with E-state index in [-0.39, 0.29) is 0 Å². The standard InChI is InChI=1S/C9H9NO6/c11-4-1-5(12)8(6(13)2-4)9(16)10-3-7(14)15/h1-2,11-13H,3H2,(H,10,16)(H,14,15). The van der Waals surface area contributed by atoms with Gasteiger partial charge in [0.15, 0.2) is 0 Å². The number of carboxylic acid groups (broad SMARTS) is 1. The SMILES string of the molecule is O=C(O)CNC(=O)c1c(O)cc(O)cc1O. The maximum absolute atomic E-state index is 11.3. The molecule has 7 heteroatoms. The van der Waals surface area contributed by atoms with Crippen LogP contribution in [-0.4, -0.2) is 38.8 Å². The highest BCUT2D eigenvalue weighted by atomic mass is 16.4. The lowest BCUT2D eigenvalue weighted by molar-refractivity contribution is -0.135. The van der Waals surface area contributed by atoms with E-state index in [0.717, 1.165) is 12.1 Å². The lowest BCUT2D eigenvalue weighted by Gasteiger charge is -2.07. The van der Waals surface area contributed by atoms with Crippen LogP contribution in [0.2, 0.25) is 0 Å². The molecule has 0 radical (unpaired) electrons. The fourth-order valence-electron chi connectivity index (χ4n) is 1.07. The molecule has 86 valence electrons. The second-order valence-electron chi connectivity index (χ2n) is 2.94. The maximum Gasteiger partial charge on any atom is 0.322 e. The van der Waals surface area contributed by atoms with Gasteiger partial charge in [-0.05, 0) is 0 Å². The molecule has 0 aromatic heterocycles. The third kappa shape index (κ3) is 2.53. The zero-order valence-corrected chi connectivity index (χ0v) is 7.97. The van der Waals surface area contributed by atoms with Crippen molar-refractivity contribution in [3.63, 3.8) is 0 Å². The van der Waals surface area contributed by atoms with Gasteiger partial charge in [-0.3, -0.25) is 9.59 Å². The Kier molecular flexibility index (Phi) is 3.19. The average Bonchev–Trinajstić information content (AvgIpc) is 2.12. The van der Waals surface area contributed by atoms with E-state index in [9.17, 15) is 19.8 Å². The quantitative estimate of drug-likeness (QED) is 0.479. The van der Waals surface area contributed by atoms with Crippen LogP contribution in [0, 0.1) is 0 Å². The molecule has 0 saturated carbocycles. The maximum atomic E-state index is 11.3. The van der Waals surface area contributed by atoms with E-state index in [4.69, 9.17) is 10.2 Å². The van der Waals surface area contributed by atoms with Gasteiger partial charge in [-0.2, -0.15) is 0 Å². The molecule has 0 aliphatic heterocycles. The Morgan fingerprint density at radius 1 is 1.12 bits per heavy atom. The van der Waals surface area contributed by atoms with Crippen LogP contribution in [0.15, 0.2) is 12.1 Å². The number of rotatable bonds is 3. The van der Waals surface area contributed by atoms with Gasteiger partial charge in [0, 0.05) is 12.1 Å². The summed E-state index contributed by atoms with van der Waals surface area (Å²) >= 11 is 0. The number of aromatic hydroxyl groups is 3. The Labute approximate surface area is 89.6 Å². The summed E-state index contributed by atoms with van der Waals surface area (Å²) < 4.78 is 0. The number of benzene rings is 1. The molecule has 0 saturated heterocycles. The molecule has 1 aromatic carbocycles. The van der Waals surface area contributed by atoms with E-state index in [0.29, 0.717) is 0 Å². The van der Waals surface area contributed by atoms with E-state index in [1.807, 2.05) is 5.32 Å². The van der Waals surface area contributed by atoms with E-state index < -0.39 is 41.2 Å². The number of carbonyl (C=O) groups is 2. The van der Waals surface area contributed by atoms with Crippen molar-refractivity contribution in [3.05, 3.63) is 17.7 Å². The van der Waals surface area contributed by atoms with Gasteiger partial charge in [0.2, 0.25) is 0 Å². The van der Waals surface area contributed by atoms with Gasteiger partial charge in [0.05, 0.1) is 0 Å². The number of amides is 1. The Hall–Kier alpha value is -2.44. The smallest absolute Gasteiger partial charge is 0.322 e. The number of phenols is 3. The van der Waals surface area contributed by atoms with Crippen LogP contribution < -0.4 is 5.32 Å². The predicted molar refractivity (Wildman–Crippen MR) is 51.4 cm³/mol. The Morgan fingerprint density at radius 2 is 1.62 bits per heavy atom. The topological polar surface area (TPSA) is 127 Å². The molecule has 0 atom stereocenters. The molecule has 16 heavy (non-hydrogen) atoms. The van der Waals surface area contributed by atoms with Gasteiger partial charge in [0.25, 0.3) is 5.91 Å². The van der Waals surface area contributed by atoms with Crippen molar-refractivity contribution in [2.24, 2.45) is 0 Å². The summed E-state index contributed by atoms with van der Waals surface area (Å²) in [6.07, 6.45) is 0. The molecule has 1 rings (SSSR count). The van der Waals surface area contributed by atoms with Crippen molar-refractivity contribution in [3.8, 4) is 17.2 Å². The highest BCUT2D eigenvalue weighted by Gasteiger charge is 2.17. The minimum Gasteiger partial charge on any atom is -0.508 e. The first-order valence-corrected chi connectivity index (χ1v) is 4.16. The molecule has 0 unspecified atom stereocenters. The lowest BCUT2D eigenvalue weighted by Crippen LogP contribution is -2.29. The Bertz CT molecular complexity index is 419. The third-order valence-electron chi connectivity index (χ3n) is 1.71. The molecule has 7 nitrogen and oxygen atoms in total. The summed E-state index contributed by atoms with van der Waals surface area (Å²) in [5, 5.41) is 37.8. The van der Waals surface area contributed by atoms with Crippen LogP contribution in [0.5, 0.6) is 17.2 Å². The molecule has 1 amide bonds. The lowest BCUT2D eigenvalue weighted by atomic mass is 10.1. The van der Waals surface area contributed by atoms with E-state index >= 15 is 0 Å². The van der Waals surface area contributed by atoms with Crippen LogP contribution in [0.25, 0.3) is 0 Å². The summed E-state index contributed by atoms with van der Waals surface area (Å²) in [6, 6.07) is 1.71. The van der Waals surface area contributed by atoms with E-state index in [2.05, 4.69) is 0 Å². The molecule has 0 spiro atoms. The molecule has 0 bridgehead atoms. The van der Waals surface area contributed by atoms with Crippen molar-refractivity contribution < 1.29 is 30.0 Å². The minimum atomic E-state index is -1.26. The largest absolute Gasteiger partial charge is 0.508 e. The predicted octanol–water partition coefficient (Wildman–Crippen LogP) is -0.382. The molecular weight excluding hydrogens is 218 g/mol. The van der Waals surface area contributed by atoms with Crippen LogP contribution >= 0.6 is 0 Å². The summed E-state index contributed by atoms with van der Waals surface area (Å²) in [4.78, 5) is 21.5. The number of carboxylic acids is 1. The van der Waals surface area contributed by atoms with Crippen LogP contribution in [0.1, 0.15) is 10.4 Å². The molecule has 0 heterocycles. The van der Waals surface area contributed by atoms with Gasteiger partial charge in [-0.15, -0.1) is 0 Å². The molecule has 0 fully saturated rings. The van der Waals surface area contributed by atoms with E-state index in [1.165, 1.54) is 0 Å². The van der Waals surface area contributed by atoms with Crippen LogP contribution in [0.4, 0.5) is 0 Å². The van der Waals surface area contributed by atoms with Crippen molar-refractivity contribution in [1.82, 2.24) is 5.32 Å². The fourth-order valence-corrected chi connectivity index (χ4v) is 1.07. The molecular formula is C9H9NO6. The van der Waals surface area contributed by atoms with E-state index in [1.54, 1.807) is 0 Å². The second-order valence-corrected chi connectivity index (χ2v) is 2.94. The summed E-state index contributed by atoms with van der Waals surface area (Å²) in [5.74, 6) is -3.89. The van der Waals surface area contributed by atoms with Crippen molar-refractivity contribution in [1.29, 1.82) is 0 Å². The van der Waals surface area contributed by atoms with Crippen molar-refractivity contribution in [2.45, 2.75) is 0 Å². The second kappa shape index (κ2) is 4.39. The first-order chi connectivity index (χ1) is 7.41. The fraction of sp³-hybridized carbons (Fsp3) is 0.111. The highest BCUT2D eigenvalue weighted by molar-refractivity contribution is 6.00. The molecule has 0 aliphatic rings. The Balaban J connectivity index is 2.95. The van der Waals surface area contributed by atoms with Crippen LogP contribution in [0.3, 0.4) is 0 Å². The molecule has 0 aliphatic carbocycles. The average molecular weight is 227 g/mol. The highest BCUT2D eigenvalue weighted by Crippen LogP contribution is 2.31. The normalized spacial score (nSPS) is 9.75. The van der Waals surface area contributed by atoms with Crippen molar-refractivity contribution in [2.75, 3.05) is 6.54 Å². The summed E-state index contributed by atoms with van der Waals surface area (Å²) in [5.41, 5.74) is -0.487. The number of hydrogen-bond donors (Lipinski definition) is 5. The number of phenolic OH excluding ortho intramolecular Hbond substituents is 3. The first-order valence-electron chi connectivity index (χ1n) is 4.16. The zero-order chi connectivity index (χ0) is 12.3. The molecule has 5 N–H and O–H groups in total. The minimum absolute atomic E-state index is 0.412. The Morgan fingerprint density at radius 3 is 2.06 bits per heavy atom. The number of aliphatic carboxylic acids is 1. The molecule has 1 aromatic rings. The van der Waals surface area contributed by atoms with Crippen LogP contribution in [-0.2, 0) is 4.79 Å².